The summed E-state index contributed by atoms with van der Waals surface area (Å²) >= 11 is 0. The summed E-state index contributed by atoms with van der Waals surface area (Å²) in [7, 11) is -1.26. The second kappa shape index (κ2) is 8.27. The Morgan fingerprint density at radius 2 is 1.72 bits per heavy atom. The van der Waals surface area contributed by atoms with Crippen molar-refractivity contribution in [2.45, 2.75) is 56.1 Å². The van der Waals surface area contributed by atoms with Crippen molar-refractivity contribution in [1.29, 1.82) is 0 Å². The van der Waals surface area contributed by atoms with E-state index < -0.39 is 10.0 Å². The molecule has 3 heterocycles. The Morgan fingerprint density at radius 3 is 2.41 bits per heavy atom. The number of aryl methyl sites for hydroxylation is 2. The molecule has 3 aliphatic heterocycles. The molecule has 3 fully saturated rings. The van der Waals surface area contributed by atoms with Crippen LogP contribution in [0.1, 0.15) is 36.8 Å². The van der Waals surface area contributed by atoms with Crippen molar-refractivity contribution in [2.24, 2.45) is 0 Å². The smallest absolute Gasteiger partial charge is 0.243 e. The van der Waals surface area contributed by atoms with Crippen LogP contribution in [-0.4, -0.2) is 87.1 Å². The van der Waals surface area contributed by atoms with E-state index in [2.05, 4.69) is 16.8 Å². The minimum absolute atomic E-state index is 0.120. The molecule has 1 aromatic rings. The molecule has 0 bridgehead atoms. The number of nitrogens with zero attached hydrogens (tertiary/aromatic N) is 3. The highest BCUT2D eigenvalue weighted by Gasteiger charge is 2.45. The van der Waals surface area contributed by atoms with Crippen LogP contribution in [0.3, 0.4) is 0 Å². The molecule has 6 nitrogen and oxygen atoms in total. The van der Waals surface area contributed by atoms with Crippen LogP contribution < -0.4 is 0 Å². The lowest BCUT2D eigenvalue weighted by Gasteiger charge is -2.39. The van der Waals surface area contributed by atoms with Crippen molar-refractivity contribution in [3.63, 3.8) is 0 Å². The van der Waals surface area contributed by atoms with Gasteiger partial charge in [0.05, 0.1) is 16.6 Å². The molecule has 1 unspecified atom stereocenters. The average Bonchev–Trinajstić information content (AvgIpc) is 3.08. The largest absolute Gasteiger partial charge is 0.370 e. The van der Waals surface area contributed by atoms with Crippen LogP contribution in [-0.2, 0) is 14.8 Å². The normalized spacial score (nSPS) is 26.9. The molecule has 4 rings (SSSR count). The van der Waals surface area contributed by atoms with E-state index in [0.29, 0.717) is 24.1 Å². The molecule has 162 valence electrons. The number of hydrogen-bond acceptors (Lipinski definition) is 5. The fourth-order valence-corrected chi connectivity index (χ4v) is 6.72. The van der Waals surface area contributed by atoms with E-state index in [1.165, 1.54) is 0 Å². The van der Waals surface area contributed by atoms with E-state index in [9.17, 15) is 8.42 Å². The molecule has 1 spiro atoms. The molecule has 3 saturated heterocycles. The molecule has 0 radical (unpaired) electrons. The van der Waals surface area contributed by atoms with E-state index in [4.69, 9.17) is 4.74 Å². The number of piperidine rings is 1. The zero-order valence-corrected chi connectivity index (χ0v) is 18.9. The van der Waals surface area contributed by atoms with E-state index in [0.717, 1.165) is 69.5 Å². The Morgan fingerprint density at radius 1 is 1.03 bits per heavy atom. The topological polar surface area (TPSA) is 53.1 Å². The van der Waals surface area contributed by atoms with Crippen molar-refractivity contribution in [2.75, 3.05) is 52.9 Å². The van der Waals surface area contributed by atoms with Crippen LogP contribution in [0.5, 0.6) is 0 Å². The van der Waals surface area contributed by atoms with Gasteiger partial charge >= 0.3 is 0 Å². The molecule has 0 amide bonds. The van der Waals surface area contributed by atoms with Gasteiger partial charge in [0, 0.05) is 45.8 Å². The summed E-state index contributed by atoms with van der Waals surface area (Å²) in [4.78, 5) is 5.34. The van der Waals surface area contributed by atoms with Gasteiger partial charge in [-0.05, 0) is 63.8 Å². The van der Waals surface area contributed by atoms with Gasteiger partial charge in [0.1, 0.15) is 0 Å². The fraction of sp³-hybridized carbons (Fsp3) is 0.727. The van der Waals surface area contributed by atoms with Gasteiger partial charge in [-0.15, -0.1) is 0 Å². The Kier molecular flexibility index (Phi) is 6.06. The summed E-state index contributed by atoms with van der Waals surface area (Å²) < 4.78 is 34.6. The predicted molar refractivity (Wildman–Crippen MR) is 115 cm³/mol. The first kappa shape index (κ1) is 21.2. The predicted octanol–water partition coefficient (Wildman–Crippen LogP) is 2.25. The van der Waals surface area contributed by atoms with Gasteiger partial charge in [-0.1, -0.05) is 12.1 Å². The third-order valence-electron chi connectivity index (χ3n) is 6.99. The van der Waals surface area contributed by atoms with Crippen molar-refractivity contribution in [3.05, 3.63) is 29.3 Å². The number of rotatable bonds is 4. The van der Waals surface area contributed by atoms with Crippen molar-refractivity contribution >= 4 is 10.0 Å². The summed E-state index contributed by atoms with van der Waals surface area (Å²) in [5.41, 5.74) is 1.68. The standard InChI is InChI=1S/C22H35N3O3S/c1-18-4-5-19(2)21(16-18)29(26,27)25-10-8-22(9-11-25)7-6-20(28-22)17-24-14-12-23(3)13-15-24/h4-5,16,20H,6-15,17H2,1-3H3. The Hall–Kier alpha value is -0.990. The van der Waals surface area contributed by atoms with Crippen LogP contribution >= 0.6 is 0 Å². The molecular weight excluding hydrogens is 386 g/mol. The molecule has 0 saturated carbocycles. The maximum absolute atomic E-state index is 13.2. The summed E-state index contributed by atoms with van der Waals surface area (Å²) in [5, 5.41) is 0. The van der Waals surface area contributed by atoms with Gasteiger partial charge in [-0.2, -0.15) is 4.31 Å². The highest BCUT2D eigenvalue weighted by molar-refractivity contribution is 7.89. The van der Waals surface area contributed by atoms with E-state index in [-0.39, 0.29) is 5.60 Å². The first-order chi connectivity index (χ1) is 13.8. The average molecular weight is 422 g/mol. The van der Waals surface area contributed by atoms with Crippen LogP contribution in [0, 0.1) is 13.8 Å². The molecule has 0 N–H and O–H groups in total. The molecule has 0 aliphatic carbocycles. The van der Waals surface area contributed by atoms with Crippen LogP contribution in [0.4, 0.5) is 0 Å². The number of hydrogen-bond donors (Lipinski definition) is 0. The number of sulfonamides is 1. The second-order valence-electron chi connectivity index (χ2n) is 9.24. The van der Waals surface area contributed by atoms with Gasteiger partial charge in [0.2, 0.25) is 10.0 Å². The van der Waals surface area contributed by atoms with Gasteiger partial charge in [-0.25, -0.2) is 8.42 Å². The van der Waals surface area contributed by atoms with Gasteiger partial charge < -0.3 is 9.64 Å². The Bertz CT molecular complexity index is 826. The zero-order chi connectivity index (χ0) is 20.6. The van der Waals surface area contributed by atoms with Gasteiger partial charge in [0.25, 0.3) is 0 Å². The lowest BCUT2D eigenvalue weighted by Crippen LogP contribution is -2.49. The van der Waals surface area contributed by atoms with Crippen LogP contribution in [0.25, 0.3) is 0 Å². The zero-order valence-electron chi connectivity index (χ0n) is 18.1. The Labute approximate surface area is 175 Å². The first-order valence-corrected chi connectivity index (χ1v) is 12.4. The third kappa shape index (κ3) is 4.54. The second-order valence-corrected chi connectivity index (χ2v) is 11.1. The molecule has 7 heteroatoms. The minimum atomic E-state index is -3.44. The number of benzene rings is 1. The SMILES string of the molecule is Cc1ccc(C)c(S(=O)(=O)N2CCC3(CCC(CN4CCN(C)CC4)O3)CC2)c1. The first-order valence-electron chi connectivity index (χ1n) is 10.9. The molecular formula is C22H35N3O3S. The van der Waals surface area contributed by atoms with E-state index >= 15 is 0 Å². The van der Waals surface area contributed by atoms with Gasteiger partial charge in [0.15, 0.2) is 0 Å². The summed E-state index contributed by atoms with van der Waals surface area (Å²) in [5.74, 6) is 0. The fourth-order valence-electron chi connectivity index (χ4n) is 4.97. The number of likely N-dealkylation sites (N-methyl/N-ethyl adjacent to an activating group) is 1. The lowest BCUT2D eigenvalue weighted by atomic mass is 9.89. The highest BCUT2D eigenvalue weighted by Crippen LogP contribution is 2.40. The van der Waals surface area contributed by atoms with Crippen LogP contribution in [0.15, 0.2) is 23.1 Å². The van der Waals surface area contributed by atoms with E-state index in [1.807, 2.05) is 26.0 Å². The molecule has 0 aromatic heterocycles. The quantitative estimate of drug-likeness (QED) is 0.746. The summed E-state index contributed by atoms with van der Waals surface area (Å²) in [6, 6.07) is 5.66. The molecule has 1 atom stereocenters. The molecule has 3 aliphatic rings. The summed E-state index contributed by atoms with van der Waals surface area (Å²) in [6.45, 7) is 10.4. The van der Waals surface area contributed by atoms with Crippen molar-refractivity contribution in [1.82, 2.24) is 14.1 Å². The maximum Gasteiger partial charge on any atom is 0.243 e. The highest BCUT2D eigenvalue weighted by atomic mass is 32.2. The third-order valence-corrected chi connectivity index (χ3v) is 9.03. The van der Waals surface area contributed by atoms with Gasteiger partial charge in [-0.3, -0.25) is 4.90 Å². The molecule has 1 aromatic carbocycles. The minimum Gasteiger partial charge on any atom is -0.370 e. The van der Waals surface area contributed by atoms with Crippen molar-refractivity contribution in [3.8, 4) is 0 Å². The maximum atomic E-state index is 13.2. The van der Waals surface area contributed by atoms with Crippen molar-refractivity contribution < 1.29 is 13.2 Å². The summed E-state index contributed by atoms with van der Waals surface area (Å²) in [6.07, 6.45) is 4.05. The van der Waals surface area contributed by atoms with Crippen LogP contribution in [0.2, 0.25) is 0 Å². The van der Waals surface area contributed by atoms with E-state index in [1.54, 1.807) is 10.4 Å². The monoisotopic (exact) mass is 421 g/mol. The lowest BCUT2D eigenvalue weighted by molar-refractivity contribution is -0.0777. The molecule has 29 heavy (non-hydrogen) atoms. The number of ether oxygens (including phenoxy) is 1. The number of piperazine rings is 1. The Balaban J connectivity index is 1.35.